The van der Waals surface area contributed by atoms with Crippen LogP contribution in [0, 0.1) is 0 Å². The second-order valence-electron chi connectivity index (χ2n) is 7.93. The average Bonchev–Trinajstić information content (AvgIpc) is 2.70. The molecule has 2 heterocycles. The van der Waals surface area contributed by atoms with Crippen LogP contribution < -0.4 is 0 Å². The summed E-state index contributed by atoms with van der Waals surface area (Å²) in [6, 6.07) is 16.4. The Bertz CT molecular complexity index is 646. The maximum atomic E-state index is 5.94. The van der Waals surface area contributed by atoms with Crippen LogP contribution in [0.2, 0.25) is 10.0 Å². The molecule has 0 radical (unpaired) electrons. The van der Waals surface area contributed by atoms with E-state index in [2.05, 4.69) is 34.1 Å². The van der Waals surface area contributed by atoms with Gasteiger partial charge < -0.3 is 0 Å². The monoisotopic (exact) mass is 418 g/mol. The van der Waals surface area contributed by atoms with Gasteiger partial charge in [-0.15, -0.1) is 0 Å². The number of hydrogen-bond acceptors (Lipinski definition) is 2. The number of halogens is 2. The van der Waals surface area contributed by atoms with Gasteiger partial charge in [0.15, 0.2) is 0 Å². The summed E-state index contributed by atoms with van der Waals surface area (Å²) in [5, 5.41) is 1.69. The molecule has 0 aromatic heterocycles. The van der Waals surface area contributed by atoms with Crippen molar-refractivity contribution in [1.29, 1.82) is 0 Å². The van der Waals surface area contributed by atoms with E-state index in [4.69, 9.17) is 23.2 Å². The molecule has 2 nitrogen and oxygen atoms in total. The molecule has 0 unspecified atom stereocenters. The Morgan fingerprint density at radius 1 is 0.571 bits per heavy atom. The quantitative estimate of drug-likeness (QED) is 0.547. The first-order valence-electron chi connectivity index (χ1n) is 10.6. The predicted molar refractivity (Wildman–Crippen MR) is 121 cm³/mol. The second-order valence-corrected chi connectivity index (χ2v) is 8.81. The Morgan fingerprint density at radius 3 is 1.32 bits per heavy atom. The lowest BCUT2D eigenvalue weighted by Crippen LogP contribution is -2.29. The number of likely N-dealkylation sites (tertiary alicyclic amines) is 2. The SMILES string of the molecule is Clc1cccc(CN2CCCCC2)c1.Clc1cccc(CN2CCCCC2)c1. The number of rotatable bonds is 4. The third-order valence-corrected chi connectivity index (χ3v) is 5.96. The van der Waals surface area contributed by atoms with Crippen molar-refractivity contribution in [3.8, 4) is 0 Å². The fourth-order valence-electron chi connectivity index (χ4n) is 4.02. The highest BCUT2D eigenvalue weighted by atomic mass is 35.5. The molecule has 0 spiro atoms. The van der Waals surface area contributed by atoms with Crippen LogP contribution in [-0.4, -0.2) is 36.0 Å². The molecule has 152 valence electrons. The summed E-state index contributed by atoms with van der Waals surface area (Å²) in [5.41, 5.74) is 2.67. The highest BCUT2D eigenvalue weighted by Gasteiger charge is 2.11. The van der Waals surface area contributed by atoms with E-state index in [1.165, 1.54) is 75.8 Å². The van der Waals surface area contributed by atoms with E-state index in [0.717, 1.165) is 23.1 Å². The highest BCUT2D eigenvalue weighted by Crippen LogP contribution is 2.17. The Morgan fingerprint density at radius 2 is 0.964 bits per heavy atom. The Hall–Kier alpha value is -1.06. The normalized spacial score (nSPS) is 18.4. The fourth-order valence-corrected chi connectivity index (χ4v) is 4.45. The largest absolute Gasteiger partial charge is 0.299 e. The summed E-state index contributed by atoms with van der Waals surface area (Å²) in [6.07, 6.45) is 8.18. The molecule has 0 saturated carbocycles. The maximum absolute atomic E-state index is 5.94. The number of nitrogens with zero attached hydrogens (tertiary/aromatic N) is 2. The lowest BCUT2D eigenvalue weighted by molar-refractivity contribution is 0.221. The molecule has 2 aliphatic rings. The van der Waals surface area contributed by atoms with Gasteiger partial charge in [0.1, 0.15) is 0 Å². The predicted octanol–water partition coefficient (Wildman–Crippen LogP) is 6.65. The van der Waals surface area contributed by atoms with E-state index in [1.54, 1.807) is 0 Å². The van der Waals surface area contributed by atoms with Gasteiger partial charge >= 0.3 is 0 Å². The molecule has 28 heavy (non-hydrogen) atoms. The van der Waals surface area contributed by atoms with Gasteiger partial charge in [-0.1, -0.05) is 60.3 Å². The van der Waals surface area contributed by atoms with Crippen LogP contribution in [0.25, 0.3) is 0 Å². The summed E-state index contributed by atoms with van der Waals surface area (Å²) in [7, 11) is 0. The zero-order valence-corrected chi connectivity index (χ0v) is 18.3. The summed E-state index contributed by atoms with van der Waals surface area (Å²) in [6.45, 7) is 7.08. The van der Waals surface area contributed by atoms with Crippen molar-refractivity contribution in [3.63, 3.8) is 0 Å². The van der Waals surface area contributed by atoms with E-state index in [-0.39, 0.29) is 0 Å². The molecule has 2 aliphatic heterocycles. The van der Waals surface area contributed by atoms with E-state index >= 15 is 0 Å². The van der Waals surface area contributed by atoms with Gasteiger partial charge in [0.25, 0.3) is 0 Å². The van der Waals surface area contributed by atoms with Gasteiger partial charge in [-0.05, 0) is 87.3 Å². The molecule has 2 aromatic rings. The molecular formula is C24H32Cl2N2. The molecule has 2 saturated heterocycles. The van der Waals surface area contributed by atoms with Crippen molar-refractivity contribution in [3.05, 3.63) is 69.7 Å². The van der Waals surface area contributed by atoms with Crippen LogP contribution in [0.5, 0.6) is 0 Å². The van der Waals surface area contributed by atoms with E-state index in [0.29, 0.717) is 0 Å². The Kier molecular flexibility index (Phi) is 9.14. The van der Waals surface area contributed by atoms with Crippen molar-refractivity contribution in [1.82, 2.24) is 9.80 Å². The summed E-state index contributed by atoms with van der Waals surface area (Å²) >= 11 is 11.9. The van der Waals surface area contributed by atoms with Gasteiger partial charge in [0.2, 0.25) is 0 Å². The molecule has 2 aromatic carbocycles. The van der Waals surface area contributed by atoms with Crippen molar-refractivity contribution in [2.75, 3.05) is 26.2 Å². The van der Waals surface area contributed by atoms with Gasteiger partial charge in [0, 0.05) is 23.1 Å². The van der Waals surface area contributed by atoms with Crippen LogP contribution in [0.4, 0.5) is 0 Å². The standard InChI is InChI=1S/2C12H16ClN/c2*13-12-6-4-5-11(9-12)10-14-7-2-1-3-8-14/h2*4-6,9H,1-3,7-8,10H2. The molecule has 0 amide bonds. The van der Waals surface area contributed by atoms with Crippen LogP contribution in [0.3, 0.4) is 0 Å². The molecular weight excluding hydrogens is 387 g/mol. The van der Waals surface area contributed by atoms with Crippen molar-refractivity contribution in [2.24, 2.45) is 0 Å². The lowest BCUT2D eigenvalue weighted by Gasteiger charge is -2.26. The third kappa shape index (κ3) is 7.75. The number of hydrogen-bond donors (Lipinski definition) is 0. The molecule has 0 aliphatic carbocycles. The van der Waals surface area contributed by atoms with E-state index < -0.39 is 0 Å². The summed E-state index contributed by atoms with van der Waals surface area (Å²) < 4.78 is 0. The van der Waals surface area contributed by atoms with Crippen LogP contribution in [-0.2, 0) is 13.1 Å². The minimum atomic E-state index is 0.847. The van der Waals surface area contributed by atoms with Gasteiger partial charge in [-0.2, -0.15) is 0 Å². The highest BCUT2D eigenvalue weighted by molar-refractivity contribution is 6.30. The summed E-state index contributed by atoms with van der Waals surface area (Å²) in [5.74, 6) is 0. The van der Waals surface area contributed by atoms with Gasteiger partial charge in [-0.3, -0.25) is 9.80 Å². The Balaban J connectivity index is 0.000000161. The molecule has 4 rings (SSSR count). The topological polar surface area (TPSA) is 6.48 Å². The minimum absolute atomic E-state index is 0.847. The van der Waals surface area contributed by atoms with Crippen LogP contribution >= 0.6 is 23.2 Å². The average molecular weight is 419 g/mol. The van der Waals surface area contributed by atoms with Crippen molar-refractivity contribution >= 4 is 23.2 Å². The minimum Gasteiger partial charge on any atom is -0.299 e. The lowest BCUT2D eigenvalue weighted by atomic mass is 10.1. The fraction of sp³-hybridized carbons (Fsp3) is 0.500. The van der Waals surface area contributed by atoms with Gasteiger partial charge in [-0.25, -0.2) is 0 Å². The first-order chi connectivity index (χ1) is 13.7. The smallest absolute Gasteiger partial charge is 0.0409 e. The van der Waals surface area contributed by atoms with Crippen LogP contribution in [0.1, 0.15) is 49.7 Å². The van der Waals surface area contributed by atoms with Crippen LogP contribution in [0.15, 0.2) is 48.5 Å². The van der Waals surface area contributed by atoms with Crippen molar-refractivity contribution in [2.45, 2.75) is 51.6 Å². The first kappa shape index (κ1) is 21.6. The Labute approximate surface area is 180 Å². The molecule has 0 N–H and O–H groups in total. The molecule has 4 heteroatoms. The molecule has 0 atom stereocenters. The summed E-state index contributed by atoms with van der Waals surface area (Å²) in [4.78, 5) is 5.02. The number of piperidine rings is 2. The molecule has 2 fully saturated rings. The van der Waals surface area contributed by atoms with Gasteiger partial charge in [0.05, 0.1) is 0 Å². The maximum Gasteiger partial charge on any atom is 0.0409 e. The zero-order chi connectivity index (χ0) is 19.6. The third-order valence-electron chi connectivity index (χ3n) is 5.49. The molecule has 0 bridgehead atoms. The van der Waals surface area contributed by atoms with E-state index in [1.807, 2.05) is 24.3 Å². The first-order valence-corrected chi connectivity index (χ1v) is 11.4. The number of benzene rings is 2. The van der Waals surface area contributed by atoms with Crippen molar-refractivity contribution < 1.29 is 0 Å². The second kappa shape index (κ2) is 11.8. The van der Waals surface area contributed by atoms with E-state index in [9.17, 15) is 0 Å². The zero-order valence-electron chi connectivity index (χ0n) is 16.8.